The summed E-state index contributed by atoms with van der Waals surface area (Å²) < 4.78 is 14.9. The molecular formula is C25H26BrFN2O2. The van der Waals surface area contributed by atoms with Crippen LogP contribution in [0.5, 0.6) is 0 Å². The molecule has 0 aliphatic carbocycles. The third-order valence-corrected chi connectivity index (χ3v) is 5.90. The Morgan fingerprint density at radius 2 is 1.87 bits per heavy atom. The molecule has 4 nitrogen and oxygen atoms in total. The summed E-state index contributed by atoms with van der Waals surface area (Å²) in [6.45, 7) is 5.64. The van der Waals surface area contributed by atoms with E-state index < -0.39 is 17.4 Å². The molecule has 2 aromatic carbocycles. The number of aromatic amines is 1. The molecule has 1 aromatic heterocycles. The van der Waals surface area contributed by atoms with E-state index in [1.165, 1.54) is 12.3 Å². The minimum absolute atomic E-state index is 0.0858. The number of hydrogen-bond acceptors (Lipinski definition) is 3. The van der Waals surface area contributed by atoms with Crippen LogP contribution in [0.4, 0.5) is 4.39 Å². The van der Waals surface area contributed by atoms with Gasteiger partial charge in [0.2, 0.25) is 11.6 Å². The number of halogens is 2. The SMILES string of the molecule is CC=C(c1ccccc1)N(CCC)CCCC(=O)C(=O)c1c[nH]c2c(Br)ccc(F)c12. The average molecular weight is 485 g/mol. The van der Waals surface area contributed by atoms with Crippen molar-refractivity contribution >= 4 is 44.1 Å². The number of ketones is 2. The number of benzene rings is 2. The normalized spacial score (nSPS) is 11.7. The molecule has 162 valence electrons. The van der Waals surface area contributed by atoms with Gasteiger partial charge in [-0.2, -0.15) is 0 Å². The number of H-pyrrole nitrogens is 1. The minimum Gasteiger partial charge on any atom is -0.371 e. The number of fused-ring (bicyclic) bond motifs is 1. The first-order chi connectivity index (χ1) is 15.0. The Balaban J connectivity index is 1.68. The van der Waals surface area contributed by atoms with Gasteiger partial charge in [-0.15, -0.1) is 0 Å². The van der Waals surface area contributed by atoms with E-state index in [-0.39, 0.29) is 17.4 Å². The molecule has 3 aromatic rings. The van der Waals surface area contributed by atoms with E-state index in [4.69, 9.17) is 0 Å². The molecule has 0 aliphatic heterocycles. The van der Waals surface area contributed by atoms with Gasteiger partial charge in [0.05, 0.1) is 11.1 Å². The van der Waals surface area contributed by atoms with Crippen molar-refractivity contribution in [3.63, 3.8) is 0 Å². The maximum atomic E-state index is 14.3. The van der Waals surface area contributed by atoms with Gasteiger partial charge in [-0.25, -0.2) is 4.39 Å². The van der Waals surface area contributed by atoms with Gasteiger partial charge in [0.1, 0.15) is 5.82 Å². The van der Waals surface area contributed by atoms with Gasteiger partial charge in [0, 0.05) is 41.3 Å². The fourth-order valence-corrected chi connectivity index (χ4v) is 4.25. The molecular weight excluding hydrogens is 459 g/mol. The van der Waals surface area contributed by atoms with Gasteiger partial charge >= 0.3 is 0 Å². The maximum Gasteiger partial charge on any atom is 0.230 e. The Labute approximate surface area is 190 Å². The fourth-order valence-electron chi connectivity index (χ4n) is 3.81. The summed E-state index contributed by atoms with van der Waals surface area (Å²) in [5.41, 5.74) is 2.80. The van der Waals surface area contributed by atoms with E-state index in [1.54, 1.807) is 6.07 Å². The highest BCUT2D eigenvalue weighted by Crippen LogP contribution is 2.29. The highest BCUT2D eigenvalue weighted by Gasteiger charge is 2.23. The number of nitrogens with zero attached hydrogens (tertiary/aromatic N) is 1. The van der Waals surface area contributed by atoms with Crippen LogP contribution in [0.25, 0.3) is 16.6 Å². The fraction of sp³-hybridized carbons (Fsp3) is 0.280. The first-order valence-electron chi connectivity index (χ1n) is 10.5. The molecule has 0 fully saturated rings. The van der Waals surface area contributed by atoms with Crippen LogP contribution in [0, 0.1) is 5.82 Å². The second kappa shape index (κ2) is 10.5. The van der Waals surface area contributed by atoms with E-state index >= 15 is 0 Å². The van der Waals surface area contributed by atoms with E-state index in [9.17, 15) is 14.0 Å². The Kier molecular flexibility index (Phi) is 7.80. The summed E-state index contributed by atoms with van der Waals surface area (Å²) in [4.78, 5) is 30.5. The first-order valence-corrected chi connectivity index (χ1v) is 11.3. The Morgan fingerprint density at radius 1 is 1.13 bits per heavy atom. The third kappa shape index (κ3) is 5.13. The van der Waals surface area contributed by atoms with Crippen molar-refractivity contribution in [3.8, 4) is 0 Å². The molecule has 0 spiro atoms. The van der Waals surface area contributed by atoms with Crippen LogP contribution in [0.1, 0.15) is 49.0 Å². The summed E-state index contributed by atoms with van der Waals surface area (Å²) in [6.07, 6.45) is 5.12. The molecule has 0 unspecified atom stereocenters. The molecule has 0 aliphatic rings. The number of carbonyl (C=O) groups excluding carboxylic acids is 2. The number of aromatic nitrogens is 1. The van der Waals surface area contributed by atoms with Crippen LogP contribution < -0.4 is 0 Å². The van der Waals surface area contributed by atoms with Crippen LogP contribution in [-0.4, -0.2) is 34.5 Å². The first kappa shape index (κ1) is 22.9. The van der Waals surface area contributed by atoms with Gasteiger partial charge in [0.25, 0.3) is 0 Å². The van der Waals surface area contributed by atoms with E-state index in [2.05, 4.69) is 50.9 Å². The predicted molar refractivity (Wildman–Crippen MR) is 126 cm³/mol. The standard InChI is InChI=1S/C25H26BrFN2O2/c1-3-14-29(21(4-2)17-9-6-5-7-10-17)15-8-11-22(30)25(31)18-16-28-24-19(26)12-13-20(27)23(18)24/h4-7,9-10,12-13,16,28H,3,8,11,14-15H2,1-2H3. The summed E-state index contributed by atoms with van der Waals surface area (Å²) in [6, 6.07) is 13.0. The summed E-state index contributed by atoms with van der Waals surface area (Å²) in [7, 11) is 0. The molecule has 0 bridgehead atoms. The maximum absolute atomic E-state index is 14.3. The second-order valence-electron chi connectivity index (χ2n) is 7.36. The smallest absolute Gasteiger partial charge is 0.230 e. The summed E-state index contributed by atoms with van der Waals surface area (Å²) in [5, 5.41) is 0.153. The molecule has 0 amide bonds. The lowest BCUT2D eigenvalue weighted by Gasteiger charge is -2.27. The zero-order valence-electron chi connectivity index (χ0n) is 17.8. The van der Waals surface area contributed by atoms with Crippen molar-refractivity contribution in [1.29, 1.82) is 0 Å². The van der Waals surface area contributed by atoms with Crippen LogP contribution >= 0.6 is 15.9 Å². The van der Waals surface area contributed by atoms with Crippen LogP contribution in [-0.2, 0) is 4.79 Å². The Morgan fingerprint density at radius 3 is 2.55 bits per heavy atom. The van der Waals surface area contributed by atoms with Crippen LogP contribution in [0.2, 0.25) is 0 Å². The highest BCUT2D eigenvalue weighted by atomic mass is 79.9. The quantitative estimate of drug-likeness (QED) is 0.268. The van der Waals surface area contributed by atoms with Gasteiger partial charge in [-0.1, -0.05) is 43.3 Å². The molecule has 31 heavy (non-hydrogen) atoms. The zero-order chi connectivity index (χ0) is 22.4. The predicted octanol–water partition coefficient (Wildman–Crippen LogP) is 6.37. The van der Waals surface area contributed by atoms with Crippen molar-refractivity contribution in [2.24, 2.45) is 0 Å². The molecule has 6 heteroatoms. The zero-order valence-corrected chi connectivity index (χ0v) is 19.3. The number of hydrogen-bond donors (Lipinski definition) is 1. The Hall–Kier alpha value is -2.73. The largest absolute Gasteiger partial charge is 0.371 e. The number of rotatable bonds is 10. The van der Waals surface area contributed by atoms with Crippen molar-refractivity contribution in [2.45, 2.75) is 33.1 Å². The molecule has 1 heterocycles. The molecule has 1 N–H and O–H groups in total. The summed E-state index contributed by atoms with van der Waals surface area (Å²) in [5.74, 6) is -1.68. The lowest BCUT2D eigenvalue weighted by atomic mass is 10.0. The van der Waals surface area contributed by atoms with Crippen molar-refractivity contribution < 1.29 is 14.0 Å². The molecule has 3 rings (SSSR count). The molecule has 0 saturated carbocycles. The number of carbonyl (C=O) groups is 2. The minimum atomic E-state index is -0.653. The number of Topliss-reactive ketones (excluding diaryl/α,β-unsaturated/α-hetero) is 2. The lowest BCUT2D eigenvalue weighted by Crippen LogP contribution is -2.25. The second-order valence-corrected chi connectivity index (χ2v) is 8.22. The third-order valence-electron chi connectivity index (χ3n) is 5.24. The van der Waals surface area contributed by atoms with Gasteiger partial charge in [0.15, 0.2) is 0 Å². The average Bonchev–Trinajstić information content (AvgIpc) is 3.23. The van der Waals surface area contributed by atoms with Crippen molar-refractivity contribution in [1.82, 2.24) is 9.88 Å². The Bertz CT molecular complexity index is 1110. The van der Waals surface area contributed by atoms with E-state index in [1.807, 2.05) is 25.1 Å². The van der Waals surface area contributed by atoms with Crippen molar-refractivity contribution in [2.75, 3.05) is 13.1 Å². The lowest BCUT2D eigenvalue weighted by molar-refractivity contribution is -0.115. The molecule has 0 atom stereocenters. The van der Waals surface area contributed by atoms with Gasteiger partial charge in [-0.05, 0) is 53.4 Å². The number of allylic oxidation sites excluding steroid dienone is 1. The molecule has 0 saturated heterocycles. The van der Waals surface area contributed by atoms with Crippen LogP contribution in [0.15, 0.2) is 59.2 Å². The van der Waals surface area contributed by atoms with Crippen LogP contribution in [0.3, 0.4) is 0 Å². The monoisotopic (exact) mass is 484 g/mol. The number of nitrogens with one attached hydrogen (secondary N) is 1. The van der Waals surface area contributed by atoms with Gasteiger partial charge in [-0.3, -0.25) is 9.59 Å². The summed E-state index contributed by atoms with van der Waals surface area (Å²) >= 11 is 3.34. The van der Waals surface area contributed by atoms with Crippen molar-refractivity contribution in [3.05, 3.63) is 76.2 Å². The highest BCUT2D eigenvalue weighted by molar-refractivity contribution is 9.10. The topological polar surface area (TPSA) is 53.2 Å². The van der Waals surface area contributed by atoms with E-state index in [0.29, 0.717) is 23.0 Å². The van der Waals surface area contributed by atoms with Gasteiger partial charge < -0.3 is 9.88 Å². The van der Waals surface area contributed by atoms with E-state index in [0.717, 1.165) is 24.2 Å². The molecule has 0 radical (unpaired) electrons.